The first-order valence-electron chi connectivity index (χ1n) is 8.32. The Morgan fingerprint density at radius 3 is 2.69 bits per heavy atom. The second-order valence-electron chi connectivity index (χ2n) is 5.71. The van der Waals surface area contributed by atoms with Crippen LogP contribution >= 0.6 is 15.9 Å². The first-order chi connectivity index (χ1) is 12.6. The number of nitrogens with one attached hydrogen (secondary N) is 1. The summed E-state index contributed by atoms with van der Waals surface area (Å²) in [5, 5.41) is 3.88. The van der Waals surface area contributed by atoms with Crippen molar-refractivity contribution in [1.29, 1.82) is 0 Å². The number of hydrogen-bond donors (Lipinski definition) is 1. The predicted octanol–water partition coefficient (Wildman–Crippen LogP) is 5.17. The zero-order valence-corrected chi connectivity index (χ0v) is 15.8. The van der Waals surface area contributed by atoms with Gasteiger partial charge in [0.1, 0.15) is 5.82 Å². The molecule has 0 bridgehead atoms. The molecular weight excluding hydrogens is 399 g/mol. The van der Waals surface area contributed by atoms with E-state index in [-0.39, 0.29) is 18.2 Å². The first-order valence-corrected chi connectivity index (χ1v) is 9.12. The topological polar surface area (TPSA) is 51.2 Å². The second kappa shape index (κ2) is 8.27. The van der Waals surface area contributed by atoms with E-state index in [2.05, 4.69) is 26.2 Å². The summed E-state index contributed by atoms with van der Waals surface area (Å²) in [5.74, 6) is -0.596. The zero-order chi connectivity index (χ0) is 18.5. The SMILES string of the molecule is CCOC(=O)CCNc1cc(-c2ccc(Br)cc2)nc2ccc(F)cc12. The van der Waals surface area contributed by atoms with E-state index in [0.29, 0.717) is 24.1 Å². The molecule has 0 aliphatic carbocycles. The quantitative estimate of drug-likeness (QED) is 0.563. The molecule has 3 aromatic rings. The third-order valence-corrected chi connectivity index (χ3v) is 4.39. The number of carbonyl (C=O) groups is 1. The number of pyridine rings is 1. The Hall–Kier alpha value is -2.47. The summed E-state index contributed by atoms with van der Waals surface area (Å²) in [7, 11) is 0. The van der Waals surface area contributed by atoms with Crippen molar-refractivity contribution in [3.63, 3.8) is 0 Å². The van der Waals surface area contributed by atoms with Crippen LogP contribution in [-0.4, -0.2) is 24.1 Å². The normalized spacial score (nSPS) is 10.7. The Labute approximate surface area is 159 Å². The number of esters is 1. The minimum absolute atomic E-state index is 0.237. The van der Waals surface area contributed by atoms with Crippen LogP contribution < -0.4 is 5.32 Å². The summed E-state index contributed by atoms with van der Waals surface area (Å²) in [6.45, 7) is 2.53. The third-order valence-electron chi connectivity index (χ3n) is 3.86. The smallest absolute Gasteiger partial charge is 0.307 e. The number of fused-ring (bicyclic) bond motifs is 1. The molecule has 0 saturated heterocycles. The maximum absolute atomic E-state index is 13.7. The second-order valence-corrected chi connectivity index (χ2v) is 6.62. The van der Waals surface area contributed by atoms with Crippen molar-refractivity contribution in [2.45, 2.75) is 13.3 Å². The van der Waals surface area contributed by atoms with Crippen LogP contribution in [-0.2, 0) is 9.53 Å². The highest BCUT2D eigenvalue weighted by Crippen LogP contribution is 2.29. The molecule has 1 heterocycles. The number of rotatable bonds is 6. The Bertz CT molecular complexity index is 929. The van der Waals surface area contributed by atoms with E-state index in [1.54, 1.807) is 13.0 Å². The standard InChI is InChI=1S/C20H18BrFN2O2/c1-2-26-20(25)9-10-23-19-12-18(13-3-5-14(21)6-4-13)24-17-8-7-15(22)11-16(17)19/h3-8,11-12H,2,9-10H2,1H3,(H,23,24). The van der Waals surface area contributed by atoms with Crippen LogP contribution in [0.25, 0.3) is 22.2 Å². The lowest BCUT2D eigenvalue weighted by Gasteiger charge is -2.12. The third kappa shape index (κ3) is 4.38. The Balaban J connectivity index is 1.94. The van der Waals surface area contributed by atoms with Crippen LogP contribution in [0, 0.1) is 5.82 Å². The predicted molar refractivity (Wildman–Crippen MR) is 105 cm³/mol. The van der Waals surface area contributed by atoms with E-state index in [0.717, 1.165) is 21.4 Å². The van der Waals surface area contributed by atoms with Crippen molar-refractivity contribution < 1.29 is 13.9 Å². The molecule has 2 aromatic carbocycles. The lowest BCUT2D eigenvalue weighted by atomic mass is 10.1. The molecule has 0 aliphatic heterocycles. The van der Waals surface area contributed by atoms with Gasteiger partial charge in [-0.1, -0.05) is 28.1 Å². The van der Waals surface area contributed by atoms with Gasteiger partial charge in [0.15, 0.2) is 0 Å². The largest absolute Gasteiger partial charge is 0.466 e. The molecule has 134 valence electrons. The number of aromatic nitrogens is 1. The lowest BCUT2D eigenvalue weighted by Crippen LogP contribution is -2.11. The van der Waals surface area contributed by atoms with Gasteiger partial charge in [0.2, 0.25) is 0 Å². The van der Waals surface area contributed by atoms with Crippen LogP contribution in [0.2, 0.25) is 0 Å². The summed E-state index contributed by atoms with van der Waals surface area (Å²) >= 11 is 3.42. The molecule has 26 heavy (non-hydrogen) atoms. The van der Waals surface area contributed by atoms with Crippen LogP contribution in [0.15, 0.2) is 53.0 Å². The van der Waals surface area contributed by atoms with Crippen molar-refractivity contribution in [2.75, 3.05) is 18.5 Å². The lowest BCUT2D eigenvalue weighted by molar-refractivity contribution is -0.142. The van der Waals surface area contributed by atoms with Crippen molar-refractivity contribution in [2.24, 2.45) is 0 Å². The minimum atomic E-state index is -0.330. The van der Waals surface area contributed by atoms with Gasteiger partial charge in [-0.3, -0.25) is 4.79 Å². The molecule has 0 saturated carbocycles. The fourth-order valence-corrected chi connectivity index (χ4v) is 2.91. The molecule has 6 heteroatoms. The molecule has 3 rings (SSSR count). The number of ether oxygens (including phenoxy) is 1. The summed E-state index contributed by atoms with van der Waals surface area (Å²) in [5.41, 5.74) is 3.14. The number of carbonyl (C=O) groups excluding carboxylic acids is 1. The molecule has 1 N–H and O–H groups in total. The van der Waals surface area contributed by atoms with Gasteiger partial charge in [0.25, 0.3) is 0 Å². The molecule has 0 aliphatic rings. The van der Waals surface area contributed by atoms with Crippen molar-refractivity contribution in [3.8, 4) is 11.3 Å². The van der Waals surface area contributed by atoms with Crippen LogP contribution in [0.1, 0.15) is 13.3 Å². The average molecular weight is 417 g/mol. The monoisotopic (exact) mass is 416 g/mol. The van der Waals surface area contributed by atoms with E-state index in [1.807, 2.05) is 30.3 Å². The van der Waals surface area contributed by atoms with Crippen LogP contribution in [0.4, 0.5) is 10.1 Å². The number of anilines is 1. The highest BCUT2D eigenvalue weighted by molar-refractivity contribution is 9.10. The van der Waals surface area contributed by atoms with Crippen molar-refractivity contribution >= 4 is 38.5 Å². The maximum atomic E-state index is 13.7. The fraction of sp³-hybridized carbons (Fsp3) is 0.200. The molecule has 0 unspecified atom stereocenters. The molecule has 0 atom stereocenters. The van der Waals surface area contributed by atoms with Gasteiger partial charge in [-0.2, -0.15) is 0 Å². The van der Waals surface area contributed by atoms with Crippen molar-refractivity contribution in [3.05, 3.63) is 58.8 Å². The highest BCUT2D eigenvalue weighted by atomic mass is 79.9. The van der Waals surface area contributed by atoms with E-state index >= 15 is 0 Å². The van der Waals surface area contributed by atoms with Gasteiger partial charge >= 0.3 is 5.97 Å². The summed E-state index contributed by atoms with van der Waals surface area (Å²) in [4.78, 5) is 16.2. The summed E-state index contributed by atoms with van der Waals surface area (Å²) in [6.07, 6.45) is 0.237. The Morgan fingerprint density at radius 2 is 1.96 bits per heavy atom. The first kappa shape index (κ1) is 18.3. The molecule has 0 radical (unpaired) electrons. The average Bonchev–Trinajstić information content (AvgIpc) is 2.62. The van der Waals surface area contributed by atoms with Crippen molar-refractivity contribution in [1.82, 2.24) is 4.98 Å². The van der Waals surface area contributed by atoms with Gasteiger partial charge in [0.05, 0.1) is 24.2 Å². The number of hydrogen-bond acceptors (Lipinski definition) is 4. The van der Waals surface area contributed by atoms with Gasteiger partial charge in [-0.05, 0) is 43.3 Å². The van der Waals surface area contributed by atoms with Gasteiger partial charge < -0.3 is 10.1 Å². The number of benzene rings is 2. The molecule has 0 fully saturated rings. The number of halogens is 2. The molecular formula is C20H18BrFN2O2. The van der Waals surface area contributed by atoms with E-state index < -0.39 is 0 Å². The zero-order valence-electron chi connectivity index (χ0n) is 14.3. The highest BCUT2D eigenvalue weighted by Gasteiger charge is 2.10. The Kier molecular flexibility index (Phi) is 5.83. The Morgan fingerprint density at radius 1 is 1.19 bits per heavy atom. The number of nitrogens with zero attached hydrogens (tertiary/aromatic N) is 1. The summed E-state index contributed by atoms with van der Waals surface area (Å²) in [6, 6.07) is 14.2. The molecule has 4 nitrogen and oxygen atoms in total. The fourth-order valence-electron chi connectivity index (χ4n) is 2.65. The maximum Gasteiger partial charge on any atom is 0.307 e. The van der Waals surface area contributed by atoms with E-state index in [1.165, 1.54) is 12.1 Å². The van der Waals surface area contributed by atoms with Crippen LogP contribution in [0.3, 0.4) is 0 Å². The van der Waals surface area contributed by atoms with E-state index in [4.69, 9.17) is 4.74 Å². The minimum Gasteiger partial charge on any atom is -0.466 e. The molecule has 0 amide bonds. The molecule has 1 aromatic heterocycles. The van der Waals surface area contributed by atoms with Gasteiger partial charge in [0, 0.05) is 27.7 Å². The molecule has 0 spiro atoms. The van der Waals surface area contributed by atoms with Crippen LogP contribution in [0.5, 0.6) is 0 Å². The van der Waals surface area contributed by atoms with Gasteiger partial charge in [-0.15, -0.1) is 0 Å². The van der Waals surface area contributed by atoms with Gasteiger partial charge in [-0.25, -0.2) is 9.37 Å². The van der Waals surface area contributed by atoms with E-state index in [9.17, 15) is 9.18 Å². The summed E-state index contributed by atoms with van der Waals surface area (Å²) < 4.78 is 19.6.